The van der Waals surface area contributed by atoms with E-state index in [1.807, 2.05) is 12.1 Å². The molecule has 1 aromatic heterocycles. The number of amides is 2. The first kappa shape index (κ1) is 21.5. The van der Waals surface area contributed by atoms with Crippen molar-refractivity contribution in [3.63, 3.8) is 0 Å². The average molecular weight is 393 g/mol. The predicted octanol–water partition coefficient (Wildman–Crippen LogP) is 3.76. The van der Waals surface area contributed by atoms with Crippen LogP contribution in [0.15, 0.2) is 42.6 Å². The minimum absolute atomic E-state index is 0. The van der Waals surface area contributed by atoms with E-state index >= 15 is 0 Å². The van der Waals surface area contributed by atoms with Crippen molar-refractivity contribution < 1.29 is 15.0 Å². The Balaban J connectivity index is 0.000000221. The van der Waals surface area contributed by atoms with Crippen LogP contribution in [0.1, 0.15) is 33.5 Å². The number of nitrogens with one attached hydrogen (secondary N) is 2. The minimum Gasteiger partial charge on any atom is -0.355 e. The molecule has 1 aliphatic carbocycles. The maximum atomic E-state index is 11.9. The molecule has 0 radical (unpaired) electrons. The quantitative estimate of drug-likeness (QED) is 0.815. The molecule has 1 aromatic carbocycles. The summed E-state index contributed by atoms with van der Waals surface area (Å²) in [4.78, 5) is 12.7. The van der Waals surface area contributed by atoms with Crippen LogP contribution in [0.4, 0.5) is 19.4 Å². The Morgan fingerprint density at radius 1 is 1.11 bits per heavy atom. The molecular formula is C20H29F2N5O. The average Bonchev–Trinajstić information content (AvgIpc) is 3.54. The van der Waals surface area contributed by atoms with E-state index in [9.17, 15) is 13.6 Å². The lowest BCUT2D eigenvalue weighted by Crippen LogP contribution is -2.34. The van der Waals surface area contributed by atoms with Crippen molar-refractivity contribution in [3.8, 4) is 0 Å². The number of rotatable bonds is 2. The van der Waals surface area contributed by atoms with Gasteiger partial charge in [0.25, 0.3) is 0 Å². The summed E-state index contributed by atoms with van der Waals surface area (Å²) in [5.74, 6) is -0.0489. The van der Waals surface area contributed by atoms with E-state index in [0.717, 1.165) is 37.8 Å². The van der Waals surface area contributed by atoms with Gasteiger partial charge >= 0.3 is 6.03 Å². The van der Waals surface area contributed by atoms with Crippen molar-refractivity contribution in [1.82, 2.24) is 20.8 Å². The van der Waals surface area contributed by atoms with Crippen LogP contribution < -0.4 is 15.5 Å². The zero-order chi connectivity index (χ0) is 20.2. The number of hydrogen-bond donors (Lipinski definition) is 2. The Morgan fingerprint density at radius 2 is 1.79 bits per heavy atom. The highest BCUT2D eigenvalue weighted by molar-refractivity contribution is 5.74. The van der Waals surface area contributed by atoms with Crippen LogP contribution >= 0.6 is 0 Å². The molecule has 6 nitrogen and oxygen atoms in total. The molecule has 4 rings (SSSR count). The van der Waals surface area contributed by atoms with Crippen LogP contribution in [0.2, 0.25) is 0 Å². The van der Waals surface area contributed by atoms with Crippen molar-refractivity contribution >= 4 is 11.8 Å². The first-order chi connectivity index (χ1) is 13.6. The topological polar surface area (TPSA) is 70.1 Å². The fourth-order valence-corrected chi connectivity index (χ4v) is 2.53. The molecule has 2 heterocycles. The number of hydrogen-bond acceptors (Lipinski definition) is 4. The second kappa shape index (κ2) is 11.8. The predicted molar refractivity (Wildman–Crippen MR) is 107 cm³/mol. The van der Waals surface area contributed by atoms with Crippen molar-refractivity contribution in [2.45, 2.75) is 38.1 Å². The van der Waals surface area contributed by atoms with Crippen molar-refractivity contribution in [2.24, 2.45) is 0 Å². The maximum absolute atomic E-state index is 11.9. The summed E-state index contributed by atoms with van der Waals surface area (Å²) < 4.78 is 23.9. The summed E-state index contributed by atoms with van der Waals surface area (Å²) in [6, 6.07) is 8.92. The molecule has 2 amide bonds. The largest absolute Gasteiger partial charge is 0.355 e. The lowest BCUT2D eigenvalue weighted by molar-refractivity contribution is 0.242. The summed E-state index contributed by atoms with van der Waals surface area (Å²) >= 11 is 0. The number of urea groups is 1. The van der Waals surface area contributed by atoms with Gasteiger partial charge in [0, 0.05) is 39.9 Å². The Bertz CT molecular complexity index is 696. The molecule has 28 heavy (non-hydrogen) atoms. The summed E-state index contributed by atoms with van der Waals surface area (Å²) in [5, 5.41) is 13.2. The molecule has 0 spiro atoms. The zero-order valence-corrected chi connectivity index (χ0v) is 16.1. The third-order valence-corrected chi connectivity index (χ3v) is 4.16. The minimum atomic E-state index is -0.537. The van der Waals surface area contributed by atoms with Crippen LogP contribution in [0.25, 0.3) is 0 Å². The van der Waals surface area contributed by atoms with Crippen molar-refractivity contribution in [1.29, 1.82) is 0 Å². The number of benzene rings is 1. The number of anilines is 1. The van der Waals surface area contributed by atoms with Gasteiger partial charge in [-0.2, -0.15) is 5.10 Å². The van der Waals surface area contributed by atoms with Crippen molar-refractivity contribution in [2.75, 3.05) is 25.0 Å². The third-order valence-electron chi connectivity index (χ3n) is 4.16. The molecule has 2 aliphatic rings. The summed E-state index contributed by atoms with van der Waals surface area (Å²) in [6.45, 7) is 2.28. The number of piperidine rings is 1. The second-order valence-corrected chi connectivity index (χ2v) is 6.57. The highest BCUT2D eigenvalue weighted by Crippen LogP contribution is 2.18. The van der Waals surface area contributed by atoms with Crippen LogP contribution in [-0.2, 0) is 0 Å². The number of carbonyl (C=O) groups is 1. The number of aromatic nitrogens is 2. The first-order valence-electron chi connectivity index (χ1n) is 9.50. The van der Waals surface area contributed by atoms with Gasteiger partial charge in [0.15, 0.2) is 5.82 Å². The summed E-state index contributed by atoms with van der Waals surface area (Å²) in [6.07, 6.45) is 7.94. The second-order valence-electron chi connectivity index (χ2n) is 6.57. The van der Waals surface area contributed by atoms with Gasteiger partial charge < -0.3 is 15.5 Å². The molecule has 1 saturated carbocycles. The fourth-order valence-electron chi connectivity index (χ4n) is 2.53. The molecule has 2 aromatic rings. The van der Waals surface area contributed by atoms with Gasteiger partial charge in [-0.15, -0.1) is 5.10 Å². The van der Waals surface area contributed by atoms with Gasteiger partial charge in [0.1, 0.15) is 11.6 Å². The van der Waals surface area contributed by atoms with Crippen LogP contribution in [-0.4, -0.2) is 42.4 Å². The molecule has 0 unspecified atom stereocenters. The van der Waals surface area contributed by atoms with E-state index in [2.05, 4.69) is 25.7 Å². The van der Waals surface area contributed by atoms with Gasteiger partial charge in [-0.05, 0) is 56.4 Å². The van der Waals surface area contributed by atoms with Gasteiger partial charge in [-0.3, -0.25) is 0 Å². The Kier molecular flexibility index (Phi) is 9.10. The summed E-state index contributed by atoms with van der Waals surface area (Å²) in [5.41, 5.74) is 0. The Labute approximate surface area is 165 Å². The molecule has 154 valence electrons. The monoisotopic (exact) mass is 393 g/mol. The standard InChI is InChI=1S/C9H13N3.C6H4F2.C5H10N2O.H2/c1-2-7-12(8-3-1)9-5-4-6-10-11-9;7-5-2-1-3-6(8)4-5;1-6-5(8)7-4-2-3-4;/h4-6H,1-3,7-8H2;1-4H;4H,2-3H2,1H3,(H2,6,7,8);1H. The molecule has 8 heteroatoms. The van der Waals surface area contributed by atoms with Crippen molar-refractivity contribution in [3.05, 3.63) is 54.2 Å². The summed E-state index contributed by atoms with van der Waals surface area (Å²) in [7, 11) is 1.62. The third kappa shape index (κ3) is 8.75. The lowest BCUT2D eigenvalue weighted by Gasteiger charge is -2.26. The van der Waals surface area contributed by atoms with E-state index in [4.69, 9.17) is 0 Å². The molecule has 0 bridgehead atoms. The molecular weight excluding hydrogens is 364 g/mol. The van der Waals surface area contributed by atoms with E-state index in [1.165, 1.54) is 37.5 Å². The number of carbonyl (C=O) groups excluding carboxylic acids is 1. The molecule has 1 saturated heterocycles. The molecule has 2 fully saturated rings. The van der Waals surface area contributed by atoms with Gasteiger partial charge in [0.05, 0.1) is 0 Å². The smallest absolute Gasteiger partial charge is 0.314 e. The lowest BCUT2D eigenvalue weighted by atomic mass is 10.1. The molecule has 1 aliphatic heterocycles. The zero-order valence-electron chi connectivity index (χ0n) is 16.1. The Morgan fingerprint density at radius 3 is 2.25 bits per heavy atom. The van der Waals surface area contributed by atoms with Crippen LogP contribution in [0.3, 0.4) is 0 Å². The highest BCUT2D eigenvalue weighted by atomic mass is 19.1. The molecule has 0 atom stereocenters. The van der Waals surface area contributed by atoms with E-state index < -0.39 is 11.6 Å². The SMILES string of the molecule is CNC(=O)NC1CC1.Fc1cccc(F)c1.[HH].c1cnnc(N2CCCCC2)c1. The number of nitrogens with zero attached hydrogens (tertiary/aromatic N) is 3. The van der Waals surface area contributed by atoms with Crippen LogP contribution in [0.5, 0.6) is 0 Å². The highest BCUT2D eigenvalue weighted by Gasteiger charge is 2.22. The van der Waals surface area contributed by atoms with Crippen LogP contribution in [0, 0.1) is 11.6 Å². The first-order valence-corrected chi connectivity index (χ1v) is 9.50. The van der Waals surface area contributed by atoms with Gasteiger partial charge in [-0.25, -0.2) is 13.6 Å². The van der Waals surface area contributed by atoms with E-state index in [1.54, 1.807) is 13.2 Å². The maximum Gasteiger partial charge on any atom is 0.314 e. The van der Waals surface area contributed by atoms with Gasteiger partial charge in [-0.1, -0.05) is 6.07 Å². The van der Waals surface area contributed by atoms with E-state index in [-0.39, 0.29) is 7.46 Å². The normalized spacial score (nSPS) is 15.3. The Hall–Kier alpha value is -2.77. The number of halogens is 2. The molecule has 2 N–H and O–H groups in total. The fraction of sp³-hybridized carbons (Fsp3) is 0.450. The van der Waals surface area contributed by atoms with Gasteiger partial charge in [0.2, 0.25) is 0 Å². The van der Waals surface area contributed by atoms with E-state index in [0.29, 0.717) is 6.04 Å².